The monoisotopic (exact) mass is 194 g/mol. The van der Waals surface area contributed by atoms with Crippen molar-refractivity contribution in [2.75, 3.05) is 18.4 Å². The highest BCUT2D eigenvalue weighted by Gasteiger charge is 2.19. The van der Waals surface area contributed by atoms with Gasteiger partial charge in [-0.3, -0.25) is 0 Å². The average molecular weight is 194 g/mol. The molecule has 1 heterocycles. The second kappa shape index (κ2) is 3.65. The van der Waals surface area contributed by atoms with Crippen molar-refractivity contribution in [3.63, 3.8) is 0 Å². The van der Waals surface area contributed by atoms with Crippen LogP contribution in [-0.2, 0) is 0 Å². The largest absolute Gasteiger partial charge is 0.324 e. The number of amides is 2. The van der Waals surface area contributed by atoms with Gasteiger partial charge in [0, 0.05) is 18.8 Å². The minimum atomic E-state index is -0.341. The molecule has 14 heavy (non-hydrogen) atoms. The Labute approximate surface area is 81.5 Å². The summed E-state index contributed by atoms with van der Waals surface area (Å²) in [7, 11) is 0. The van der Waals surface area contributed by atoms with Crippen LogP contribution in [0.15, 0.2) is 24.3 Å². The predicted molar refractivity (Wildman–Crippen MR) is 51.6 cm³/mol. The highest BCUT2D eigenvalue weighted by atomic mass is 19.1. The molecule has 74 valence electrons. The summed E-state index contributed by atoms with van der Waals surface area (Å²) >= 11 is 0. The van der Waals surface area contributed by atoms with Crippen molar-refractivity contribution in [2.45, 2.75) is 6.42 Å². The SMILES string of the molecule is O=C(Nc1cccc(F)c1)N1CCC1. The van der Waals surface area contributed by atoms with Gasteiger partial charge in [0.1, 0.15) is 5.82 Å². The van der Waals surface area contributed by atoms with Crippen LogP contribution in [0.1, 0.15) is 6.42 Å². The first-order valence-corrected chi connectivity index (χ1v) is 4.57. The lowest BCUT2D eigenvalue weighted by molar-refractivity contribution is 0.181. The predicted octanol–water partition coefficient (Wildman–Crippen LogP) is 2.06. The van der Waals surface area contributed by atoms with Gasteiger partial charge in [-0.05, 0) is 24.6 Å². The molecule has 2 amide bonds. The molecule has 1 aromatic rings. The van der Waals surface area contributed by atoms with Gasteiger partial charge in [-0.15, -0.1) is 0 Å². The maximum absolute atomic E-state index is 12.7. The fourth-order valence-corrected chi connectivity index (χ4v) is 1.29. The van der Waals surface area contributed by atoms with Crippen LogP contribution in [0.2, 0.25) is 0 Å². The summed E-state index contributed by atoms with van der Waals surface area (Å²) in [6, 6.07) is 5.74. The molecular formula is C10H11FN2O. The highest BCUT2D eigenvalue weighted by molar-refractivity contribution is 5.89. The number of carbonyl (C=O) groups excluding carboxylic acids is 1. The summed E-state index contributed by atoms with van der Waals surface area (Å²) in [4.78, 5) is 13.1. The molecule has 0 atom stereocenters. The van der Waals surface area contributed by atoms with E-state index in [0.29, 0.717) is 5.69 Å². The quantitative estimate of drug-likeness (QED) is 0.729. The van der Waals surface area contributed by atoms with E-state index < -0.39 is 0 Å². The fraction of sp³-hybridized carbons (Fsp3) is 0.300. The number of hydrogen-bond acceptors (Lipinski definition) is 1. The number of rotatable bonds is 1. The van der Waals surface area contributed by atoms with Gasteiger partial charge in [-0.1, -0.05) is 6.07 Å². The molecule has 2 rings (SSSR count). The van der Waals surface area contributed by atoms with Gasteiger partial charge in [-0.2, -0.15) is 0 Å². The Morgan fingerprint density at radius 1 is 1.43 bits per heavy atom. The number of anilines is 1. The highest BCUT2D eigenvalue weighted by Crippen LogP contribution is 2.12. The number of benzene rings is 1. The molecule has 1 saturated heterocycles. The maximum atomic E-state index is 12.7. The van der Waals surface area contributed by atoms with E-state index in [9.17, 15) is 9.18 Å². The molecule has 0 aromatic heterocycles. The van der Waals surface area contributed by atoms with E-state index >= 15 is 0 Å². The lowest BCUT2D eigenvalue weighted by atomic mass is 10.2. The molecule has 1 fully saturated rings. The van der Waals surface area contributed by atoms with Crippen LogP contribution >= 0.6 is 0 Å². The zero-order valence-corrected chi connectivity index (χ0v) is 7.66. The lowest BCUT2D eigenvalue weighted by Gasteiger charge is -2.30. The Morgan fingerprint density at radius 3 is 2.79 bits per heavy atom. The Balaban J connectivity index is 1.99. The molecule has 1 aromatic carbocycles. The van der Waals surface area contributed by atoms with E-state index in [0.717, 1.165) is 19.5 Å². The van der Waals surface area contributed by atoms with Crippen LogP contribution in [-0.4, -0.2) is 24.0 Å². The third-order valence-electron chi connectivity index (χ3n) is 2.22. The van der Waals surface area contributed by atoms with Gasteiger partial charge in [0.2, 0.25) is 0 Å². The van der Waals surface area contributed by atoms with E-state index in [4.69, 9.17) is 0 Å². The zero-order valence-electron chi connectivity index (χ0n) is 7.66. The number of nitrogens with zero attached hydrogens (tertiary/aromatic N) is 1. The standard InChI is InChI=1S/C10H11FN2O/c11-8-3-1-4-9(7-8)12-10(14)13-5-2-6-13/h1,3-4,7H,2,5-6H2,(H,12,14). The first kappa shape index (κ1) is 8.99. The number of urea groups is 1. The molecule has 0 radical (unpaired) electrons. The number of halogens is 1. The number of hydrogen-bond donors (Lipinski definition) is 1. The first-order chi connectivity index (χ1) is 6.75. The van der Waals surface area contributed by atoms with Crippen LogP contribution in [0.5, 0.6) is 0 Å². The van der Waals surface area contributed by atoms with Crippen molar-refractivity contribution in [2.24, 2.45) is 0 Å². The Kier molecular flexibility index (Phi) is 2.35. The van der Waals surface area contributed by atoms with Gasteiger partial charge in [0.15, 0.2) is 0 Å². The fourth-order valence-electron chi connectivity index (χ4n) is 1.29. The molecule has 0 unspecified atom stereocenters. The van der Waals surface area contributed by atoms with E-state index in [1.165, 1.54) is 12.1 Å². The molecule has 1 N–H and O–H groups in total. The van der Waals surface area contributed by atoms with Gasteiger partial charge in [0.05, 0.1) is 0 Å². The maximum Gasteiger partial charge on any atom is 0.321 e. The summed E-state index contributed by atoms with van der Waals surface area (Å²) in [6.07, 6.45) is 1.05. The molecule has 0 bridgehead atoms. The zero-order chi connectivity index (χ0) is 9.97. The molecule has 4 heteroatoms. The topological polar surface area (TPSA) is 32.3 Å². The van der Waals surface area contributed by atoms with Crippen LogP contribution in [0.25, 0.3) is 0 Å². The van der Waals surface area contributed by atoms with Gasteiger partial charge in [-0.25, -0.2) is 9.18 Å². The molecule has 0 aliphatic carbocycles. The molecule has 3 nitrogen and oxygen atoms in total. The van der Waals surface area contributed by atoms with Gasteiger partial charge in [0.25, 0.3) is 0 Å². The van der Waals surface area contributed by atoms with E-state index in [1.807, 2.05) is 0 Å². The van der Waals surface area contributed by atoms with Crippen LogP contribution in [0.4, 0.5) is 14.9 Å². The van der Waals surface area contributed by atoms with Crippen LogP contribution in [0.3, 0.4) is 0 Å². The average Bonchev–Trinajstić information content (AvgIpc) is 1.99. The molecule has 0 spiro atoms. The van der Waals surface area contributed by atoms with Crippen molar-refractivity contribution >= 4 is 11.7 Å². The number of likely N-dealkylation sites (tertiary alicyclic amines) is 1. The number of nitrogens with one attached hydrogen (secondary N) is 1. The first-order valence-electron chi connectivity index (χ1n) is 4.57. The van der Waals surface area contributed by atoms with Crippen molar-refractivity contribution in [3.8, 4) is 0 Å². The van der Waals surface area contributed by atoms with Crippen molar-refractivity contribution in [1.82, 2.24) is 4.90 Å². The Hall–Kier alpha value is -1.58. The third-order valence-corrected chi connectivity index (χ3v) is 2.22. The van der Waals surface area contributed by atoms with Crippen molar-refractivity contribution in [3.05, 3.63) is 30.1 Å². The second-order valence-electron chi connectivity index (χ2n) is 3.28. The summed E-state index contributed by atoms with van der Waals surface area (Å²) in [5.74, 6) is -0.341. The van der Waals surface area contributed by atoms with Gasteiger partial charge < -0.3 is 10.2 Å². The van der Waals surface area contributed by atoms with E-state index in [2.05, 4.69) is 5.32 Å². The number of carbonyl (C=O) groups is 1. The van der Waals surface area contributed by atoms with Crippen molar-refractivity contribution in [1.29, 1.82) is 0 Å². The van der Waals surface area contributed by atoms with E-state index in [1.54, 1.807) is 17.0 Å². The lowest BCUT2D eigenvalue weighted by Crippen LogP contribution is -2.44. The third kappa shape index (κ3) is 1.84. The van der Waals surface area contributed by atoms with Gasteiger partial charge >= 0.3 is 6.03 Å². The van der Waals surface area contributed by atoms with Crippen molar-refractivity contribution < 1.29 is 9.18 Å². The summed E-state index contributed by atoms with van der Waals surface area (Å²) < 4.78 is 12.7. The second-order valence-corrected chi connectivity index (χ2v) is 3.28. The minimum Gasteiger partial charge on any atom is -0.324 e. The van der Waals surface area contributed by atoms with Crippen LogP contribution in [0, 0.1) is 5.82 Å². The molecule has 1 aliphatic heterocycles. The Morgan fingerprint density at radius 2 is 2.21 bits per heavy atom. The molecule has 0 saturated carbocycles. The Bertz CT molecular complexity index is 350. The van der Waals surface area contributed by atoms with E-state index in [-0.39, 0.29) is 11.8 Å². The molecule has 1 aliphatic rings. The van der Waals surface area contributed by atoms with Crippen LogP contribution < -0.4 is 5.32 Å². The smallest absolute Gasteiger partial charge is 0.321 e. The minimum absolute atomic E-state index is 0.151. The summed E-state index contributed by atoms with van der Waals surface area (Å²) in [6.45, 7) is 1.59. The summed E-state index contributed by atoms with van der Waals surface area (Å²) in [5, 5.41) is 2.63. The normalized spacial score (nSPS) is 14.8. The molecular weight excluding hydrogens is 183 g/mol. The summed E-state index contributed by atoms with van der Waals surface area (Å²) in [5.41, 5.74) is 0.502.